The van der Waals surface area contributed by atoms with E-state index in [-0.39, 0.29) is 10.9 Å². The van der Waals surface area contributed by atoms with Crippen molar-refractivity contribution in [3.8, 4) is 0 Å². The third kappa shape index (κ3) is 2.98. The zero-order valence-corrected chi connectivity index (χ0v) is 13.8. The van der Waals surface area contributed by atoms with Crippen molar-refractivity contribution >= 4 is 46.7 Å². The van der Waals surface area contributed by atoms with Crippen LogP contribution in [-0.4, -0.2) is 29.9 Å². The van der Waals surface area contributed by atoms with Crippen molar-refractivity contribution in [3.05, 3.63) is 32.8 Å². The van der Waals surface area contributed by atoms with Gasteiger partial charge in [0.1, 0.15) is 6.04 Å². The van der Waals surface area contributed by atoms with E-state index >= 15 is 0 Å². The third-order valence-electron chi connectivity index (χ3n) is 3.66. The van der Waals surface area contributed by atoms with Gasteiger partial charge in [-0.3, -0.25) is 4.79 Å². The van der Waals surface area contributed by atoms with Crippen LogP contribution in [0.25, 0.3) is 0 Å². The molecule has 0 aromatic heterocycles. The van der Waals surface area contributed by atoms with E-state index in [2.05, 4.69) is 0 Å². The quantitative estimate of drug-likeness (QED) is 0.614. The monoisotopic (exact) mass is 349 g/mol. The molecule has 2 rings (SSSR count). The molecule has 1 fully saturated rings. The lowest BCUT2D eigenvalue weighted by Crippen LogP contribution is -2.41. The Bertz CT molecular complexity index is 591. The fourth-order valence-electron chi connectivity index (χ4n) is 2.57. The summed E-state index contributed by atoms with van der Waals surface area (Å²) in [6.07, 6.45) is 0.748. The molecule has 1 heterocycles. The SMILES string of the molecule is COC(=O)C1CCC(=O)N1C(C)c1ccc(Cl)c(Cl)c1Cl. The first-order valence-electron chi connectivity index (χ1n) is 6.40. The van der Waals surface area contributed by atoms with Crippen LogP contribution < -0.4 is 0 Å². The van der Waals surface area contributed by atoms with E-state index in [0.717, 1.165) is 0 Å². The first-order valence-corrected chi connectivity index (χ1v) is 7.54. The van der Waals surface area contributed by atoms with E-state index in [9.17, 15) is 9.59 Å². The Labute approximate surface area is 137 Å². The summed E-state index contributed by atoms with van der Waals surface area (Å²) in [7, 11) is 1.31. The first-order chi connectivity index (χ1) is 9.88. The van der Waals surface area contributed by atoms with Crippen LogP contribution in [0.1, 0.15) is 31.4 Å². The molecule has 4 nitrogen and oxygen atoms in total. The van der Waals surface area contributed by atoms with Crippen molar-refractivity contribution in [3.63, 3.8) is 0 Å². The van der Waals surface area contributed by atoms with Crippen molar-refractivity contribution in [1.29, 1.82) is 0 Å². The highest BCUT2D eigenvalue weighted by Crippen LogP contribution is 2.39. The van der Waals surface area contributed by atoms with Gasteiger partial charge in [0.25, 0.3) is 0 Å². The van der Waals surface area contributed by atoms with Gasteiger partial charge < -0.3 is 9.64 Å². The Morgan fingerprint density at radius 1 is 1.33 bits per heavy atom. The summed E-state index contributed by atoms with van der Waals surface area (Å²) in [4.78, 5) is 25.4. The molecule has 1 amide bonds. The minimum atomic E-state index is -0.594. The van der Waals surface area contributed by atoms with E-state index in [1.54, 1.807) is 19.1 Å². The molecule has 1 saturated heterocycles. The van der Waals surface area contributed by atoms with Crippen LogP contribution in [0.15, 0.2) is 12.1 Å². The summed E-state index contributed by atoms with van der Waals surface area (Å²) in [5, 5.41) is 0.874. The lowest BCUT2D eigenvalue weighted by Gasteiger charge is -2.30. The Balaban J connectivity index is 2.38. The van der Waals surface area contributed by atoms with Gasteiger partial charge >= 0.3 is 5.97 Å². The maximum absolute atomic E-state index is 12.1. The molecule has 0 bridgehead atoms. The number of hydrogen-bond acceptors (Lipinski definition) is 3. The number of methoxy groups -OCH3 is 1. The molecule has 21 heavy (non-hydrogen) atoms. The number of likely N-dealkylation sites (tertiary alicyclic amines) is 1. The molecule has 1 aliphatic rings. The summed E-state index contributed by atoms with van der Waals surface area (Å²) in [6, 6.07) is 2.34. The Morgan fingerprint density at radius 2 is 2.00 bits per heavy atom. The van der Waals surface area contributed by atoms with E-state index in [1.807, 2.05) is 0 Å². The fourth-order valence-corrected chi connectivity index (χ4v) is 3.27. The summed E-state index contributed by atoms with van der Waals surface area (Å²) < 4.78 is 4.76. The van der Waals surface area contributed by atoms with Crippen molar-refractivity contribution in [2.24, 2.45) is 0 Å². The number of hydrogen-bond donors (Lipinski definition) is 0. The Hall–Kier alpha value is -0.970. The molecule has 7 heteroatoms. The second kappa shape index (κ2) is 6.42. The lowest BCUT2D eigenvalue weighted by molar-refractivity contribution is -0.150. The van der Waals surface area contributed by atoms with Gasteiger partial charge in [0.15, 0.2) is 0 Å². The molecule has 1 aromatic carbocycles. The minimum Gasteiger partial charge on any atom is -0.467 e. The molecule has 1 aromatic rings. The van der Waals surface area contributed by atoms with Crippen molar-refractivity contribution < 1.29 is 14.3 Å². The molecule has 0 aliphatic carbocycles. The molecule has 1 aliphatic heterocycles. The highest BCUT2D eigenvalue weighted by molar-refractivity contribution is 6.48. The molecule has 114 valence electrons. The summed E-state index contributed by atoms with van der Waals surface area (Å²) in [5.74, 6) is -0.538. The van der Waals surface area contributed by atoms with Gasteiger partial charge in [-0.2, -0.15) is 0 Å². The summed E-state index contributed by atoms with van der Waals surface area (Å²) in [5.41, 5.74) is 0.648. The number of ether oxygens (including phenoxy) is 1. The minimum absolute atomic E-state index is 0.111. The average Bonchev–Trinajstić information content (AvgIpc) is 2.85. The molecule has 0 radical (unpaired) electrons. The van der Waals surface area contributed by atoms with Gasteiger partial charge in [0, 0.05) is 6.42 Å². The van der Waals surface area contributed by atoms with Crippen LogP contribution >= 0.6 is 34.8 Å². The maximum atomic E-state index is 12.1. The van der Waals surface area contributed by atoms with Crippen LogP contribution in [0.5, 0.6) is 0 Å². The topological polar surface area (TPSA) is 46.6 Å². The predicted octanol–water partition coefficient (Wildman–Crippen LogP) is 3.87. The summed E-state index contributed by atoms with van der Waals surface area (Å²) in [6.45, 7) is 1.80. The second-order valence-corrected chi connectivity index (χ2v) is 5.98. The van der Waals surface area contributed by atoms with Crippen molar-refractivity contribution in [2.75, 3.05) is 7.11 Å². The Kier molecular flexibility index (Phi) is 5.02. The van der Waals surface area contributed by atoms with Crippen molar-refractivity contribution in [2.45, 2.75) is 31.8 Å². The number of benzene rings is 1. The lowest BCUT2D eigenvalue weighted by atomic mass is 10.1. The van der Waals surface area contributed by atoms with E-state index < -0.39 is 18.1 Å². The van der Waals surface area contributed by atoms with Crippen LogP contribution in [0.3, 0.4) is 0 Å². The molecule has 0 spiro atoms. The van der Waals surface area contributed by atoms with Crippen LogP contribution in [0, 0.1) is 0 Å². The largest absolute Gasteiger partial charge is 0.467 e. The number of rotatable bonds is 3. The highest BCUT2D eigenvalue weighted by Gasteiger charge is 2.40. The number of carbonyl (C=O) groups excluding carboxylic acids is 2. The number of halogens is 3. The third-order valence-corrected chi connectivity index (χ3v) is 4.97. The van der Waals surface area contributed by atoms with E-state index in [1.165, 1.54) is 12.0 Å². The van der Waals surface area contributed by atoms with Crippen LogP contribution in [0.2, 0.25) is 15.1 Å². The second-order valence-electron chi connectivity index (χ2n) is 4.82. The zero-order valence-electron chi connectivity index (χ0n) is 11.5. The van der Waals surface area contributed by atoms with Crippen LogP contribution in [-0.2, 0) is 14.3 Å². The van der Waals surface area contributed by atoms with Gasteiger partial charge in [0.2, 0.25) is 5.91 Å². The molecule has 2 unspecified atom stereocenters. The normalized spacial score (nSPS) is 19.8. The van der Waals surface area contributed by atoms with Crippen molar-refractivity contribution in [1.82, 2.24) is 4.90 Å². The fraction of sp³-hybridized carbons (Fsp3) is 0.429. The first kappa shape index (κ1) is 16.4. The molecular formula is C14H14Cl3NO3. The zero-order chi connectivity index (χ0) is 15.7. The molecular weight excluding hydrogens is 337 g/mol. The van der Waals surface area contributed by atoms with Gasteiger partial charge in [-0.15, -0.1) is 0 Å². The predicted molar refractivity (Wildman–Crippen MR) is 81.8 cm³/mol. The average molecular weight is 351 g/mol. The standard InChI is InChI=1S/C14H14Cl3NO3/c1-7(8-3-4-9(15)13(17)12(8)16)18-10(14(20)21-2)5-6-11(18)19/h3-4,7,10H,5-6H2,1-2H3. The van der Waals surface area contributed by atoms with E-state index in [4.69, 9.17) is 39.5 Å². The maximum Gasteiger partial charge on any atom is 0.328 e. The number of nitrogens with zero attached hydrogens (tertiary/aromatic N) is 1. The highest BCUT2D eigenvalue weighted by atomic mass is 35.5. The van der Waals surface area contributed by atoms with Gasteiger partial charge in [-0.05, 0) is 25.0 Å². The number of amides is 1. The Morgan fingerprint density at radius 3 is 2.62 bits per heavy atom. The molecule has 0 saturated carbocycles. The van der Waals surface area contributed by atoms with Gasteiger partial charge in [-0.1, -0.05) is 40.9 Å². The van der Waals surface area contributed by atoms with Gasteiger partial charge in [-0.25, -0.2) is 4.79 Å². The van der Waals surface area contributed by atoms with Gasteiger partial charge in [0.05, 0.1) is 28.2 Å². The number of esters is 1. The molecule has 2 atom stereocenters. The van der Waals surface area contributed by atoms with Crippen LogP contribution in [0.4, 0.5) is 0 Å². The van der Waals surface area contributed by atoms with E-state index in [0.29, 0.717) is 28.5 Å². The smallest absolute Gasteiger partial charge is 0.328 e. The molecule has 0 N–H and O–H groups in total. The number of carbonyl (C=O) groups is 2. The summed E-state index contributed by atoms with van der Waals surface area (Å²) >= 11 is 18.2.